The number of carbonyl (C=O) groups is 2. The molecule has 0 bridgehead atoms. The third-order valence-corrected chi connectivity index (χ3v) is 4.34. The average molecular weight is 321 g/mol. The molecule has 1 aromatic rings. The molecule has 0 aromatic heterocycles. The van der Waals surface area contributed by atoms with Gasteiger partial charge in [-0.2, -0.15) is 0 Å². The lowest BCUT2D eigenvalue weighted by molar-refractivity contribution is -0.146. The van der Waals surface area contributed by atoms with Crippen LogP contribution in [0.15, 0.2) is 24.3 Å². The largest absolute Gasteiger partial charge is 0.497 e. The van der Waals surface area contributed by atoms with Gasteiger partial charge in [0.1, 0.15) is 11.5 Å². The molecule has 1 aromatic carbocycles. The Morgan fingerprint density at radius 3 is 2.78 bits per heavy atom. The molecule has 2 unspecified atom stereocenters. The van der Waals surface area contributed by atoms with E-state index in [2.05, 4.69) is 5.32 Å². The molecule has 0 heterocycles. The van der Waals surface area contributed by atoms with Gasteiger partial charge < -0.3 is 19.9 Å². The summed E-state index contributed by atoms with van der Waals surface area (Å²) in [6.45, 7) is 1.64. The Balaban J connectivity index is 1.93. The second-order valence-corrected chi connectivity index (χ2v) is 6.07. The third kappa shape index (κ3) is 4.37. The van der Waals surface area contributed by atoms with Crippen LogP contribution in [0.4, 0.5) is 0 Å². The lowest BCUT2D eigenvalue weighted by atomic mass is 9.74. The SMILES string of the molecule is COc1cccc(OCC(=O)NC2(C)CCCCC2C(=O)O)c1. The lowest BCUT2D eigenvalue weighted by Crippen LogP contribution is -2.56. The first-order valence-electron chi connectivity index (χ1n) is 7.75. The van der Waals surface area contributed by atoms with Gasteiger partial charge in [0.15, 0.2) is 6.61 Å². The zero-order chi connectivity index (χ0) is 16.9. The number of amides is 1. The van der Waals surface area contributed by atoms with E-state index in [-0.39, 0.29) is 12.5 Å². The standard InChI is InChI=1S/C17H23NO5/c1-17(9-4-3-8-14(17)16(20)21)18-15(19)11-23-13-7-5-6-12(10-13)22-2/h5-7,10,14H,3-4,8-9,11H2,1-2H3,(H,18,19)(H,20,21). The van der Waals surface area contributed by atoms with Crippen molar-refractivity contribution in [2.75, 3.05) is 13.7 Å². The third-order valence-electron chi connectivity index (χ3n) is 4.34. The van der Waals surface area contributed by atoms with Crippen LogP contribution in [-0.4, -0.2) is 36.2 Å². The maximum atomic E-state index is 12.2. The first-order valence-corrected chi connectivity index (χ1v) is 7.75. The summed E-state index contributed by atoms with van der Waals surface area (Å²) in [5.74, 6) is -0.558. The van der Waals surface area contributed by atoms with Crippen LogP contribution in [0.25, 0.3) is 0 Å². The van der Waals surface area contributed by atoms with Crippen molar-refractivity contribution in [3.8, 4) is 11.5 Å². The molecule has 1 aliphatic rings. The number of carbonyl (C=O) groups excluding carboxylic acids is 1. The number of carboxylic acids is 1. The van der Waals surface area contributed by atoms with E-state index in [9.17, 15) is 14.7 Å². The Morgan fingerprint density at radius 2 is 2.09 bits per heavy atom. The fraction of sp³-hybridized carbons (Fsp3) is 0.529. The van der Waals surface area contributed by atoms with Gasteiger partial charge >= 0.3 is 5.97 Å². The summed E-state index contributed by atoms with van der Waals surface area (Å²) in [7, 11) is 1.56. The van der Waals surface area contributed by atoms with Crippen LogP contribution in [0.5, 0.6) is 11.5 Å². The van der Waals surface area contributed by atoms with Gasteiger partial charge in [-0.05, 0) is 31.9 Å². The normalized spacial score (nSPS) is 23.8. The quantitative estimate of drug-likeness (QED) is 0.839. The maximum absolute atomic E-state index is 12.2. The second-order valence-electron chi connectivity index (χ2n) is 6.07. The summed E-state index contributed by atoms with van der Waals surface area (Å²) in [4.78, 5) is 23.6. The molecule has 0 aliphatic heterocycles. The Kier molecular flexibility index (Phi) is 5.47. The molecule has 1 fully saturated rings. The van der Waals surface area contributed by atoms with Crippen molar-refractivity contribution in [1.82, 2.24) is 5.32 Å². The average Bonchev–Trinajstić information content (AvgIpc) is 2.53. The summed E-state index contributed by atoms with van der Waals surface area (Å²) >= 11 is 0. The van der Waals surface area contributed by atoms with Crippen molar-refractivity contribution in [3.05, 3.63) is 24.3 Å². The first kappa shape index (κ1) is 17.1. The number of rotatable bonds is 6. The summed E-state index contributed by atoms with van der Waals surface area (Å²) < 4.78 is 10.5. The molecule has 0 saturated heterocycles. The number of methoxy groups -OCH3 is 1. The topological polar surface area (TPSA) is 84.9 Å². The van der Waals surface area contributed by atoms with E-state index in [1.165, 1.54) is 0 Å². The minimum atomic E-state index is -0.860. The van der Waals surface area contributed by atoms with Gasteiger partial charge in [-0.25, -0.2) is 0 Å². The molecule has 0 radical (unpaired) electrons. The van der Waals surface area contributed by atoms with Crippen molar-refractivity contribution >= 4 is 11.9 Å². The number of nitrogens with one attached hydrogen (secondary N) is 1. The Hall–Kier alpha value is -2.24. The zero-order valence-corrected chi connectivity index (χ0v) is 13.5. The molecule has 23 heavy (non-hydrogen) atoms. The van der Waals surface area contributed by atoms with Crippen LogP contribution in [0.1, 0.15) is 32.6 Å². The maximum Gasteiger partial charge on any atom is 0.308 e. The van der Waals surface area contributed by atoms with E-state index in [1.54, 1.807) is 38.3 Å². The van der Waals surface area contributed by atoms with E-state index in [0.29, 0.717) is 24.3 Å². The highest BCUT2D eigenvalue weighted by atomic mass is 16.5. The Bertz CT molecular complexity index is 574. The number of hydrogen-bond acceptors (Lipinski definition) is 4. The number of carboxylic acid groups (broad SMARTS) is 1. The Labute approximate surface area is 135 Å². The molecule has 1 saturated carbocycles. The molecule has 1 amide bonds. The zero-order valence-electron chi connectivity index (χ0n) is 13.5. The molecule has 6 heteroatoms. The van der Waals surface area contributed by atoms with Gasteiger partial charge in [-0.3, -0.25) is 9.59 Å². The van der Waals surface area contributed by atoms with Gasteiger partial charge in [-0.15, -0.1) is 0 Å². The minimum absolute atomic E-state index is 0.158. The summed E-state index contributed by atoms with van der Waals surface area (Å²) in [5, 5.41) is 12.2. The monoisotopic (exact) mass is 321 g/mol. The highest BCUT2D eigenvalue weighted by Gasteiger charge is 2.42. The van der Waals surface area contributed by atoms with Gasteiger partial charge in [-0.1, -0.05) is 18.9 Å². The van der Waals surface area contributed by atoms with E-state index >= 15 is 0 Å². The molecule has 126 valence electrons. The summed E-state index contributed by atoms with van der Waals surface area (Å²) in [5.41, 5.74) is -0.723. The van der Waals surface area contributed by atoms with Gasteiger partial charge in [0.25, 0.3) is 5.91 Å². The van der Waals surface area contributed by atoms with Crippen molar-refractivity contribution in [3.63, 3.8) is 0 Å². The van der Waals surface area contributed by atoms with Gasteiger partial charge in [0, 0.05) is 6.07 Å². The molecule has 0 spiro atoms. The number of benzene rings is 1. The van der Waals surface area contributed by atoms with Crippen LogP contribution < -0.4 is 14.8 Å². The van der Waals surface area contributed by atoms with Crippen molar-refractivity contribution in [2.24, 2.45) is 5.92 Å². The molecule has 2 atom stereocenters. The van der Waals surface area contributed by atoms with Gasteiger partial charge in [0.05, 0.1) is 18.6 Å². The van der Waals surface area contributed by atoms with E-state index in [4.69, 9.17) is 9.47 Å². The summed E-state index contributed by atoms with van der Waals surface area (Å²) in [6.07, 6.45) is 3.04. The van der Waals surface area contributed by atoms with Crippen LogP contribution in [-0.2, 0) is 9.59 Å². The fourth-order valence-corrected chi connectivity index (χ4v) is 3.07. The molecule has 6 nitrogen and oxygen atoms in total. The predicted octanol–water partition coefficient (Wildman–Crippen LogP) is 2.22. The lowest BCUT2D eigenvalue weighted by Gasteiger charge is -2.39. The first-order chi connectivity index (χ1) is 10.9. The number of hydrogen-bond donors (Lipinski definition) is 2. The molecule has 1 aliphatic carbocycles. The van der Waals surface area contributed by atoms with Crippen LogP contribution >= 0.6 is 0 Å². The van der Waals surface area contributed by atoms with Crippen LogP contribution in [0.2, 0.25) is 0 Å². The highest BCUT2D eigenvalue weighted by Crippen LogP contribution is 2.33. The fourth-order valence-electron chi connectivity index (χ4n) is 3.07. The number of aliphatic carboxylic acids is 1. The van der Waals surface area contributed by atoms with Crippen molar-refractivity contribution < 1.29 is 24.2 Å². The molecule has 2 rings (SSSR count). The van der Waals surface area contributed by atoms with Crippen LogP contribution in [0.3, 0.4) is 0 Å². The summed E-state index contributed by atoms with van der Waals surface area (Å²) in [6, 6.07) is 6.98. The molecule has 2 N–H and O–H groups in total. The molecular weight excluding hydrogens is 298 g/mol. The minimum Gasteiger partial charge on any atom is -0.497 e. The van der Waals surface area contributed by atoms with E-state index in [0.717, 1.165) is 12.8 Å². The Morgan fingerprint density at radius 1 is 1.35 bits per heavy atom. The van der Waals surface area contributed by atoms with Crippen LogP contribution in [0, 0.1) is 5.92 Å². The smallest absolute Gasteiger partial charge is 0.308 e. The predicted molar refractivity (Wildman–Crippen MR) is 84.6 cm³/mol. The van der Waals surface area contributed by atoms with Crippen molar-refractivity contribution in [1.29, 1.82) is 0 Å². The number of ether oxygens (including phenoxy) is 2. The molecular formula is C17H23NO5. The highest BCUT2D eigenvalue weighted by molar-refractivity contribution is 5.80. The van der Waals surface area contributed by atoms with Crippen molar-refractivity contribution in [2.45, 2.75) is 38.1 Å². The van der Waals surface area contributed by atoms with E-state index in [1.807, 2.05) is 0 Å². The second kappa shape index (κ2) is 7.35. The van der Waals surface area contributed by atoms with E-state index < -0.39 is 17.4 Å². The van der Waals surface area contributed by atoms with Gasteiger partial charge in [0.2, 0.25) is 0 Å².